The highest BCUT2D eigenvalue weighted by Gasteiger charge is 2.10. The summed E-state index contributed by atoms with van der Waals surface area (Å²) in [5.74, 6) is 0.925. The number of ketones is 1. The van der Waals surface area contributed by atoms with Gasteiger partial charge in [-0.25, -0.2) is 0 Å². The molecule has 0 aromatic heterocycles. The Bertz CT molecular complexity index is 372. The highest BCUT2D eigenvalue weighted by Crippen LogP contribution is 2.26. The Balaban J connectivity index is 3.23. The standard InChI is InChI=1S/C12H15IO2/c1-4-9-6-11(13)10(8(3)14)7-12(9)15-5-2/h6-7H,4-5H2,1-3H3. The lowest BCUT2D eigenvalue weighted by Crippen LogP contribution is -2.02. The predicted molar refractivity (Wildman–Crippen MR) is 69.7 cm³/mol. The molecule has 1 aromatic carbocycles. The van der Waals surface area contributed by atoms with Gasteiger partial charge < -0.3 is 4.74 Å². The van der Waals surface area contributed by atoms with Crippen LogP contribution < -0.4 is 4.74 Å². The van der Waals surface area contributed by atoms with Crippen molar-refractivity contribution in [2.75, 3.05) is 6.61 Å². The van der Waals surface area contributed by atoms with Crippen LogP contribution in [0.4, 0.5) is 0 Å². The van der Waals surface area contributed by atoms with E-state index >= 15 is 0 Å². The highest BCUT2D eigenvalue weighted by atomic mass is 127. The van der Waals surface area contributed by atoms with Crippen molar-refractivity contribution in [3.8, 4) is 5.75 Å². The molecule has 0 radical (unpaired) electrons. The number of aryl methyl sites for hydroxylation is 1. The molecule has 0 unspecified atom stereocenters. The Morgan fingerprint density at radius 3 is 2.53 bits per heavy atom. The summed E-state index contributed by atoms with van der Waals surface area (Å²) in [6.07, 6.45) is 0.920. The highest BCUT2D eigenvalue weighted by molar-refractivity contribution is 14.1. The van der Waals surface area contributed by atoms with Crippen LogP contribution in [0.15, 0.2) is 12.1 Å². The summed E-state index contributed by atoms with van der Waals surface area (Å²) in [7, 11) is 0. The second kappa shape index (κ2) is 5.49. The van der Waals surface area contributed by atoms with Crippen molar-refractivity contribution in [3.63, 3.8) is 0 Å². The molecule has 3 heteroatoms. The van der Waals surface area contributed by atoms with Crippen LogP contribution in [0.3, 0.4) is 0 Å². The van der Waals surface area contributed by atoms with Crippen molar-refractivity contribution < 1.29 is 9.53 Å². The van der Waals surface area contributed by atoms with E-state index in [0.717, 1.165) is 26.9 Å². The van der Waals surface area contributed by atoms with Gasteiger partial charge in [0.25, 0.3) is 0 Å². The third-order valence-corrected chi connectivity index (χ3v) is 3.10. The summed E-state index contributed by atoms with van der Waals surface area (Å²) in [4.78, 5) is 11.4. The zero-order valence-corrected chi connectivity index (χ0v) is 11.4. The molecule has 0 spiro atoms. The van der Waals surface area contributed by atoms with Crippen molar-refractivity contribution in [3.05, 3.63) is 26.8 Å². The molecular weight excluding hydrogens is 303 g/mol. The molecule has 82 valence electrons. The molecule has 0 N–H and O–H groups in total. The largest absolute Gasteiger partial charge is 0.494 e. The molecule has 0 amide bonds. The van der Waals surface area contributed by atoms with Gasteiger partial charge in [0.2, 0.25) is 0 Å². The van der Waals surface area contributed by atoms with Crippen LogP contribution in [0, 0.1) is 3.57 Å². The number of Topliss-reactive ketones (excluding diaryl/α,β-unsaturated/α-hetero) is 1. The van der Waals surface area contributed by atoms with Gasteiger partial charge in [0.15, 0.2) is 5.78 Å². The topological polar surface area (TPSA) is 26.3 Å². The number of benzene rings is 1. The van der Waals surface area contributed by atoms with E-state index in [1.165, 1.54) is 0 Å². The first-order valence-electron chi connectivity index (χ1n) is 5.06. The Morgan fingerprint density at radius 2 is 2.07 bits per heavy atom. The Morgan fingerprint density at radius 1 is 1.40 bits per heavy atom. The number of carbonyl (C=O) groups excluding carboxylic acids is 1. The van der Waals surface area contributed by atoms with Gasteiger partial charge in [0.1, 0.15) is 5.75 Å². The molecule has 1 aromatic rings. The molecule has 0 saturated carbocycles. The van der Waals surface area contributed by atoms with Gasteiger partial charge in [-0.05, 0) is 60.6 Å². The molecule has 0 heterocycles. The van der Waals surface area contributed by atoms with Crippen LogP contribution in [0.2, 0.25) is 0 Å². The number of hydrogen-bond donors (Lipinski definition) is 0. The molecule has 0 saturated heterocycles. The number of hydrogen-bond acceptors (Lipinski definition) is 2. The monoisotopic (exact) mass is 318 g/mol. The lowest BCUT2D eigenvalue weighted by atomic mass is 10.1. The van der Waals surface area contributed by atoms with Gasteiger partial charge in [0, 0.05) is 9.13 Å². The Labute approximate surface area is 104 Å². The SMILES string of the molecule is CCOc1cc(C(C)=O)c(I)cc1CC. The van der Waals surface area contributed by atoms with Gasteiger partial charge in [-0.15, -0.1) is 0 Å². The Hall–Kier alpha value is -0.580. The average molecular weight is 318 g/mol. The minimum atomic E-state index is 0.0861. The first kappa shape index (κ1) is 12.5. The van der Waals surface area contributed by atoms with E-state index in [-0.39, 0.29) is 5.78 Å². The summed E-state index contributed by atoms with van der Waals surface area (Å²) in [5, 5.41) is 0. The van der Waals surface area contributed by atoms with Crippen LogP contribution in [0.1, 0.15) is 36.7 Å². The number of ether oxygens (including phenoxy) is 1. The van der Waals surface area contributed by atoms with E-state index in [0.29, 0.717) is 6.61 Å². The smallest absolute Gasteiger partial charge is 0.161 e. The van der Waals surface area contributed by atoms with Gasteiger partial charge in [0.05, 0.1) is 6.61 Å². The van der Waals surface area contributed by atoms with Crippen LogP contribution in [0.25, 0.3) is 0 Å². The van der Waals surface area contributed by atoms with E-state index < -0.39 is 0 Å². The van der Waals surface area contributed by atoms with E-state index in [4.69, 9.17) is 4.74 Å². The first-order valence-corrected chi connectivity index (χ1v) is 6.14. The normalized spacial score (nSPS) is 10.1. The fraction of sp³-hybridized carbons (Fsp3) is 0.417. The molecular formula is C12H15IO2. The third kappa shape index (κ3) is 2.93. The number of halogens is 1. The van der Waals surface area contributed by atoms with Crippen LogP contribution >= 0.6 is 22.6 Å². The van der Waals surface area contributed by atoms with Crippen LogP contribution in [-0.4, -0.2) is 12.4 Å². The van der Waals surface area contributed by atoms with Crippen LogP contribution in [-0.2, 0) is 6.42 Å². The summed E-state index contributed by atoms with van der Waals surface area (Å²) in [6, 6.07) is 3.88. The second-order valence-electron chi connectivity index (χ2n) is 3.28. The molecule has 0 bridgehead atoms. The van der Waals surface area contributed by atoms with E-state index in [9.17, 15) is 4.79 Å². The van der Waals surface area contributed by atoms with Crippen molar-refractivity contribution in [2.24, 2.45) is 0 Å². The molecule has 0 aliphatic carbocycles. The van der Waals surface area contributed by atoms with E-state index in [1.807, 2.05) is 19.1 Å². The second-order valence-corrected chi connectivity index (χ2v) is 4.44. The zero-order chi connectivity index (χ0) is 11.4. The van der Waals surface area contributed by atoms with Crippen molar-refractivity contribution >= 4 is 28.4 Å². The predicted octanol–water partition coefficient (Wildman–Crippen LogP) is 3.45. The maximum atomic E-state index is 11.4. The van der Waals surface area contributed by atoms with E-state index in [2.05, 4.69) is 29.5 Å². The average Bonchev–Trinajstić information content (AvgIpc) is 2.20. The lowest BCUT2D eigenvalue weighted by Gasteiger charge is -2.11. The molecule has 15 heavy (non-hydrogen) atoms. The van der Waals surface area contributed by atoms with Crippen molar-refractivity contribution in [1.29, 1.82) is 0 Å². The molecule has 2 nitrogen and oxygen atoms in total. The van der Waals surface area contributed by atoms with Crippen molar-refractivity contribution in [2.45, 2.75) is 27.2 Å². The molecule has 0 aliphatic heterocycles. The van der Waals surface area contributed by atoms with Gasteiger partial charge >= 0.3 is 0 Å². The fourth-order valence-corrected chi connectivity index (χ4v) is 2.34. The summed E-state index contributed by atoms with van der Waals surface area (Å²) >= 11 is 2.19. The first-order chi connectivity index (χ1) is 7.10. The van der Waals surface area contributed by atoms with Gasteiger partial charge in [-0.3, -0.25) is 4.79 Å². The minimum absolute atomic E-state index is 0.0861. The number of rotatable bonds is 4. The third-order valence-electron chi connectivity index (χ3n) is 2.21. The van der Waals surface area contributed by atoms with Crippen LogP contribution in [0.5, 0.6) is 5.75 Å². The summed E-state index contributed by atoms with van der Waals surface area (Å²) in [6.45, 7) is 6.25. The van der Waals surface area contributed by atoms with E-state index in [1.54, 1.807) is 6.92 Å². The molecule has 0 fully saturated rings. The van der Waals surface area contributed by atoms with Gasteiger partial charge in [-0.1, -0.05) is 6.92 Å². The maximum Gasteiger partial charge on any atom is 0.161 e. The molecule has 0 aliphatic rings. The minimum Gasteiger partial charge on any atom is -0.494 e. The van der Waals surface area contributed by atoms with Gasteiger partial charge in [-0.2, -0.15) is 0 Å². The quantitative estimate of drug-likeness (QED) is 0.628. The Kier molecular flexibility index (Phi) is 4.57. The summed E-state index contributed by atoms with van der Waals surface area (Å²) in [5.41, 5.74) is 1.91. The number of carbonyl (C=O) groups is 1. The molecule has 1 rings (SSSR count). The molecule has 0 atom stereocenters. The van der Waals surface area contributed by atoms with Crippen molar-refractivity contribution in [1.82, 2.24) is 0 Å². The zero-order valence-electron chi connectivity index (χ0n) is 9.26. The maximum absolute atomic E-state index is 11.4. The summed E-state index contributed by atoms with van der Waals surface area (Å²) < 4.78 is 6.52. The lowest BCUT2D eigenvalue weighted by molar-refractivity contribution is 0.101. The fourth-order valence-electron chi connectivity index (χ4n) is 1.43.